The largest absolute Gasteiger partial charge is 0.328 e. The zero-order valence-corrected chi connectivity index (χ0v) is 11.8. The summed E-state index contributed by atoms with van der Waals surface area (Å²) in [6.07, 6.45) is 1.95. The molecule has 0 radical (unpaired) electrons. The molecule has 1 aliphatic heterocycles. The minimum atomic E-state index is 0.0311. The molecule has 0 saturated carbocycles. The Morgan fingerprint density at radius 1 is 1.44 bits per heavy atom. The van der Waals surface area contributed by atoms with E-state index in [0.29, 0.717) is 12.6 Å². The number of amides is 1. The number of rotatable bonds is 3. The number of anilines is 1. The number of halogens is 1. The maximum absolute atomic E-state index is 11.9. The summed E-state index contributed by atoms with van der Waals surface area (Å²) >= 11 is 3.38. The molecule has 1 aromatic rings. The first-order chi connectivity index (χ1) is 8.63. The van der Waals surface area contributed by atoms with Crippen LogP contribution in [0.1, 0.15) is 12.8 Å². The van der Waals surface area contributed by atoms with Gasteiger partial charge in [-0.25, -0.2) is 0 Å². The van der Waals surface area contributed by atoms with Crippen molar-refractivity contribution >= 4 is 27.5 Å². The topological polar surface area (TPSA) is 58.4 Å². The van der Waals surface area contributed by atoms with Gasteiger partial charge in [-0.15, -0.1) is 0 Å². The maximum atomic E-state index is 11.9. The van der Waals surface area contributed by atoms with Crippen molar-refractivity contribution < 1.29 is 4.79 Å². The summed E-state index contributed by atoms with van der Waals surface area (Å²) in [5.74, 6) is 0.0311. The average molecular weight is 312 g/mol. The van der Waals surface area contributed by atoms with Gasteiger partial charge in [-0.1, -0.05) is 22.0 Å². The molecule has 1 heterocycles. The first-order valence-corrected chi connectivity index (χ1v) is 6.96. The second-order valence-electron chi connectivity index (χ2n) is 4.67. The highest BCUT2D eigenvalue weighted by molar-refractivity contribution is 9.10. The Hall–Kier alpha value is -0.910. The number of benzene rings is 1. The highest BCUT2D eigenvalue weighted by Crippen LogP contribution is 2.15. The third-order valence-corrected chi connectivity index (χ3v) is 3.60. The molecular weight excluding hydrogens is 294 g/mol. The summed E-state index contributed by atoms with van der Waals surface area (Å²) in [6, 6.07) is 7.91. The van der Waals surface area contributed by atoms with Crippen LogP contribution in [0.2, 0.25) is 0 Å². The fraction of sp³-hybridized carbons (Fsp3) is 0.462. The number of carbonyl (C=O) groups excluding carboxylic acids is 1. The van der Waals surface area contributed by atoms with Crippen molar-refractivity contribution in [3.05, 3.63) is 28.7 Å². The van der Waals surface area contributed by atoms with E-state index < -0.39 is 0 Å². The van der Waals surface area contributed by atoms with Gasteiger partial charge in [0.05, 0.1) is 6.54 Å². The van der Waals surface area contributed by atoms with E-state index in [1.807, 2.05) is 24.3 Å². The monoisotopic (exact) mass is 311 g/mol. The van der Waals surface area contributed by atoms with Crippen molar-refractivity contribution in [3.8, 4) is 0 Å². The third-order valence-electron chi connectivity index (χ3n) is 3.11. The minimum Gasteiger partial charge on any atom is -0.328 e. The van der Waals surface area contributed by atoms with Crippen LogP contribution in [-0.4, -0.2) is 36.5 Å². The van der Waals surface area contributed by atoms with Gasteiger partial charge < -0.3 is 11.1 Å². The van der Waals surface area contributed by atoms with E-state index in [9.17, 15) is 4.79 Å². The van der Waals surface area contributed by atoms with E-state index in [-0.39, 0.29) is 5.91 Å². The number of hydrogen-bond donors (Lipinski definition) is 2. The lowest BCUT2D eigenvalue weighted by Gasteiger charge is -2.29. The molecule has 3 N–H and O–H groups in total. The molecule has 1 fully saturated rings. The number of carbonyl (C=O) groups is 1. The van der Waals surface area contributed by atoms with Crippen LogP contribution < -0.4 is 11.1 Å². The Morgan fingerprint density at radius 3 is 2.83 bits per heavy atom. The first-order valence-electron chi connectivity index (χ1n) is 6.17. The van der Waals surface area contributed by atoms with Crippen molar-refractivity contribution in [2.45, 2.75) is 18.9 Å². The number of nitrogens with two attached hydrogens (primary N) is 1. The molecule has 1 aliphatic rings. The van der Waals surface area contributed by atoms with Crippen LogP contribution in [0.15, 0.2) is 28.7 Å². The molecule has 18 heavy (non-hydrogen) atoms. The van der Waals surface area contributed by atoms with Crippen LogP contribution in [-0.2, 0) is 4.79 Å². The van der Waals surface area contributed by atoms with E-state index >= 15 is 0 Å². The summed E-state index contributed by atoms with van der Waals surface area (Å²) in [6.45, 7) is 2.26. The fourth-order valence-electron chi connectivity index (χ4n) is 2.08. The van der Waals surface area contributed by atoms with Gasteiger partial charge in [-0.05, 0) is 31.0 Å². The number of nitrogens with zero attached hydrogens (tertiary/aromatic N) is 1. The van der Waals surface area contributed by atoms with Crippen LogP contribution in [0.4, 0.5) is 5.69 Å². The summed E-state index contributed by atoms with van der Waals surface area (Å²) < 4.78 is 0.962. The van der Waals surface area contributed by atoms with Crippen molar-refractivity contribution in [1.82, 2.24) is 4.90 Å². The minimum absolute atomic E-state index is 0.0311. The second kappa shape index (κ2) is 6.31. The molecule has 0 bridgehead atoms. The van der Waals surface area contributed by atoms with Gasteiger partial charge in [0.2, 0.25) is 5.91 Å². The lowest BCUT2D eigenvalue weighted by Crippen LogP contribution is -2.43. The van der Waals surface area contributed by atoms with Crippen LogP contribution in [0.25, 0.3) is 0 Å². The van der Waals surface area contributed by atoms with Gasteiger partial charge in [0.15, 0.2) is 0 Å². The van der Waals surface area contributed by atoms with Crippen LogP contribution in [0.3, 0.4) is 0 Å². The number of nitrogens with one attached hydrogen (secondary N) is 1. The molecule has 2 rings (SSSR count). The number of piperidine rings is 1. The third kappa shape index (κ3) is 4.08. The SMILES string of the molecule is NC1CCN(CC(=O)Nc2cccc(Br)c2)CC1. The zero-order chi connectivity index (χ0) is 13.0. The van der Waals surface area contributed by atoms with Crippen molar-refractivity contribution in [1.29, 1.82) is 0 Å². The summed E-state index contributed by atoms with van der Waals surface area (Å²) in [4.78, 5) is 14.0. The zero-order valence-electron chi connectivity index (χ0n) is 10.2. The molecule has 1 aromatic carbocycles. The van der Waals surface area contributed by atoms with E-state index in [4.69, 9.17) is 5.73 Å². The predicted molar refractivity (Wildman–Crippen MR) is 76.4 cm³/mol. The summed E-state index contributed by atoms with van der Waals surface area (Å²) in [7, 11) is 0. The smallest absolute Gasteiger partial charge is 0.238 e. The Bertz CT molecular complexity index is 416. The maximum Gasteiger partial charge on any atom is 0.238 e. The van der Waals surface area contributed by atoms with Crippen LogP contribution in [0, 0.1) is 0 Å². The number of hydrogen-bond acceptors (Lipinski definition) is 3. The molecule has 0 aliphatic carbocycles. The molecule has 4 nitrogen and oxygen atoms in total. The molecule has 1 amide bonds. The first kappa shape index (κ1) is 13.5. The standard InChI is InChI=1S/C13H18BrN3O/c14-10-2-1-3-12(8-10)16-13(18)9-17-6-4-11(15)5-7-17/h1-3,8,11H,4-7,9,15H2,(H,16,18). The van der Waals surface area contributed by atoms with Gasteiger partial charge in [0.25, 0.3) is 0 Å². The second-order valence-corrected chi connectivity index (χ2v) is 5.59. The van der Waals surface area contributed by atoms with Crippen molar-refractivity contribution in [2.75, 3.05) is 25.0 Å². The van der Waals surface area contributed by atoms with Gasteiger partial charge in [-0.2, -0.15) is 0 Å². The van der Waals surface area contributed by atoms with E-state index in [0.717, 1.165) is 36.1 Å². The van der Waals surface area contributed by atoms with Gasteiger partial charge in [0, 0.05) is 29.3 Å². The molecular formula is C13H18BrN3O. The Balaban J connectivity index is 1.82. The lowest BCUT2D eigenvalue weighted by molar-refractivity contribution is -0.117. The van der Waals surface area contributed by atoms with E-state index in [2.05, 4.69) is 26.1 Å². The van der Waals surface area contributed by atoms with Gasteiger partial charge >= 0.3 is 0 Å². The predicted octanol–water partition coefficient (Wildman–Crippen LogP) is 1.81. The van der Waals surface area contributed by atoms with E-state index in [1.165, 1.54) is 0 Å². The molecule has 98 valence electrons. The highest BCUT2D eigenvalue weighted by atomic mass is 79.9. The van der Waals surface area contributed by atoms with Crippen molar-refractivity contribution in [3.63, 3.8) is 0 Å². The van der Waals surface area contributed by atoms with Crippen molar-refractivity contribution in [2.24, 2.45) is 5.73 Å². The van der Waals surface area contributed by atoms with Crippen LogP contribution in [0.5, 0.6) is 0 Å². The normalized spacial score (nSPS) is 17.7. The van der Waals surface area contributed by atoms with Gasteiger partial charge in [0.1, 0.15) is 0 Å². The molecule has 0 spiro atoms. The highest BCUT2D eigenvalue weighted by Gasteiger charge is 2.18. The Labute approximate surface area is 116 Å². The summed E-state index contributed by atoms with van der Waals surface area (Å²) in [5.41, 5.74) is 6.66. The molecule has 0 atom stereocenters. The summed E-state index contributed by atoms with van der Waals surface area (Å²) in [5, 5.41) is 2.90. The Kier molecular flexibility index (Phi) is 4.74. The molecule has 0 aromatic heterocycles. The Morgan fingerprint density at radius 2 is 2.17 bits per heavy atom. The fourth-order valence-corrected chi connectivity index (χ4v) is 2.48. The van der Waals surface area contributed by atoms with E-state index in [1.54, 1.807) is 0 Å². The quantitative estimate of drug-likeness (QED) is 0.895. The van der Waals surface area contributed by atoms with Crippen LogP contribution >= 0.6 is 15.9 Å². The average Bonchev–Trinajstić information content (AvgIpc) is 2.32. The lowest BCUT2D eigenvalue weighted by atomic mass is 10.1. The molecule has 1 saturated heterocycles. The number of likely N-dealkylation sites (tertiary alicyclic amines) is 1. The molecule has 0 unspecified atom stereocenters. The molecule has 5 heteroatoms. The van der Waals surface area contributed by atoms with Gasteiger partial charge in [-0.3, -0.25) is 9.69 Å².